The zero-order chi connectivity index (χ0) is 19.1. The molecule has 1 aromatic heterocycles. The molecule has 1 atom stereocenters. The van der Waals surface area contributed by atoms with E-state index in [4.69, 9.17) is 14.5 Å². The number of ether oxygens (including phenoxy) is 1. The third-order valence-electron chi connectivity index (χ3n) is 3.61. The lowest BCUT2D eigenvalue weighted by molar-refractivity contribution is -0.150. The van der Waals surface area contributed by atoms with Gasteiger partial charge in [0, 0.05) is 17.0 Å². The van der Waals surface area contributed by atoms with Gasteiger partial charge in [-0.1, -0.05) is 5.16 Å². The second-order valence-corrected chi connectivity index (χ2v) is 6.59. The molecule has 1 aromatic carbocycles. The summed E-state index contributed by atoms with van der Waals surface area (Å²) >= 11 is 1.37. The third kappa shape index (κ3) is 5.36. The Labute approximate surface area is 155 Å². The summed E-state index contributed by atoms with van der Waals surface area (Å²) < 4.78 is 10.2. The Kier molecular flexibility index (Phi) is 6.81. The quantitative estimate of drug-likeness (QED) is 0.744. The molecular formula is C18H19N3O4S. The van der Waals surface area contributed by atoms with Crippen molar-refractivity contribution in [3.05, 3.63) is 46.8 Å². The van der Waals surface area contributed by atoms with E-state index in [-0.39, 0.29) is 5.75 Å². The van der Waals surface area contributed by atoms with Crippen LogP contribution in [0, 0.1) is 25.2 Å². The molecule has 136 valence electrons. The van der Waals surface area contributed by atoms with Crippen LogP contribution in [0.5, 0.6) is 0 Å². The maximum Gasteiger partial charge on any atom is 0.316 e. The monoisotopic (exact) mass is 373 g/mol. The molecule has 0 bridgehead atoms. The first-order valence-corrected chi connectivity index (χ1v) is 9.06. The molecule has 8 heteroatoms. The summed E-state index contributed by atoms with van der Waals surface area (Å²) in [5.74, 6) is 0.544. The molecule has 1 heterocycles. The van der Waals surface area contributed by atoms with E-state index in [1.807, 2.05) is 19.9 Å². The first-order valence-electron chi connectivity index (χ1n) is 7.90. The van der Waals surface area contributed by atoms with Gasteiger partial charge in [-0.25, -0.2) is 0 Å². The van der Waals surface area contributed by atoms with Gasteiger partial charge in [0.1, 0.15) is 5.76 Å². The van der Waals surface area contributed by atoms with Crippen LogP contribution in [0.1, 0.15) is 29.5 Å². The molecular weight excluding hydrogens is 354 g/mol. The van der Waals surface area contributed by atoms with Gasteiger partial charge in [-0.15, -0.1) is 11.8 Å². The van der Waals surface area contributed by atoms with E-state index in [0.29, 0.717) is 17.0 Å². The minimum absolute atomic E-state index is 0.124. The van der Waals surface area contributed by atoms with Crippen LogP contribution in [-0.2, 0) is 20.1 Å². The average Bonchev–Trinajstić information content (AvgIpc) is 2.94. The molecule has 2 rings (SSSR count). The van der Waals surface area contributed by atoms with E-state index in [0.717, 1.165) is 17.0 Å². The predicted molar refractivity (Wildman–Crippen MR) is 97.5 cm³/mol. The van der Waals surface area contributed by atoms with Gasteiger partial charge in [-0.3, -0.25) is 9.59 Å². The smallest absolute Gasteiger partial charge is 0.316 e. The minimum Gasteiger partial charge on any atom is -0.452 e. The van der Waals surface area contributed by atoms with Gasteiger partial charge in [-0.2, -0.15) is 5.26 Å². The second-order valence-electron chi connectivity index (χ2n) is 5.61. The van der Waals surface area contributed by atoms with Gasteiger partial charge >= 0.3 is 5.97 Å². The van der Waals surface area contributed by atoms with E-state index in [9.17, 15) is 9.59 Å². The van der Waals surface area contributed by atoms with Crippen molar-refractivity contribution in [2.45, 2.75) is 32.6 Å². The Morgan fingerprint density at radius 2 is 2.04 bits per heavy atom. The first-order chi connectivity index (χ1) is 12.4. The minimum atomic E-state index is -0.919. The number of aryl methyl sites for hydroxylation is 2. The third-order valence-corrected chi connectivity index (χ3v) is 4.54. The number of thioether (sulfide) groups is 1. The highest BCUT2D eigenvalue weighted by Crippen LogP contribution is 2.19. The Balaban J connectivity index is 1.76. The first kappa shape index (κ1) is 19.5. The molecule has 0 aliphatic heterocycles. The molecule has 0 saturated carbocycles. The highest BCUT2D eigenvalue weighted by molar-refractivity contribution is 7.99. The van der Waals surface area contributed by atoms with Crippen LogP contribution in [-0.4, -0.2) is 28.9 Å². The second kappa shape index (κ2) is 9.06. The van der Waals surface area contributed by atoms with Crippen molar-refractivity contribution in [3.63, 3.8) is 0 Å². The number of hydrogen-bond acceptors (Lipinski definition) is 7. The van der Waals surface area contributed by atoms with Crippen molar-refractivity contribution in [2.75, 3.05) is 11.1 Å². The summed E-state index contributed by atoms with van der Waals surface area (Å²) in [5.41, 5.74) is 2.80. The van der Waals surface area contributed by atoms with Crippen LogP contribution in [0.3, 0.4) is 0 Å². The lowest BCUT2D eigenvalue weighted by atomic mass is 10.2. The molecule has 2 aromatic rings. The molecule has 0 unspecified atom stereocenters. The van der Waals surface area contributed by atoms with Crippen LogP contribution in [0.15, 0.2) is 28.8 Å². The van der Waals surface area contributed by atoms with Gasteiger partial charge in [0.15, 0.2) is 6.10 Å². The Morgan fingerprint density at radius 1 is 1.35 bits per heavy atom. The van der Waals surface area contributed by atoms with Crippen LogP contribution in [0.2, 0.25) is 0 Å². The topological polar surface area (TPSA) is 105 Å². The highest BCUT2D eigenvalue weighted by Gasteiger charge is 2.18. The van der Waals surface area contributed by atoms with Crippen LogP contribution < -0.4 is 5.32 Å². The summed E-state index contributed by atoms with van der Waals surface area (Å²) in [6.07, 6.45) is -0.919. The number of anilines is 1. The highest BCUT2D eigenvalue weighted by atomic mass is 32.2. The zero-order valence-corrected chi connectivity index (χ0v) is 15.6. The van der Waals surface area contributed by atoms with Gasteiger partial charge in [-0.05, 0) is 45.0 Å². The van der Waals surface area contributed by atoms with Crippen molar-refractivity contribution < 1.29 is 18.8 Å². The summed E-state index contributed by atoms with van der Waals surface area (Å²) in [5, 5.41) is 15.3. The molecule has 26 heavy (non-hydrogen) atoms. The summed E-state index contributed by atoms with van der Waals surface area (Å²) in [6, 6.07) is 8.42. The molecule has 0 radical (unpaired) electrons. The lowest BCUT2D eigenvalue weighted by Gasteiger charge is -2.13. The summed E-state index contributed by atoms with van der Waals surface area (Å²) in [6.45, 7) is 5.18. The van der Waals surface area contributed by atoms with E-state index in [1.165, 1.54) is 18.7 Å². The fourth-order valence-electron chi connectivity index (χ4n) is 2.10. The van der Waals surface area contributed by atoms with Crippen molar-refractivity contribution in [1.29, 1.82) is 5.26 Å². The number of amides is 1. The number of rotatable bonds is 7. The summed E-state index contributed by atoms with van der Waals surface area (Å²) in [4.78, 5) is 24.0. The van der Waals surface area contributed by atoms with E-state index >= 15 is 0 Å². The van der Waals surface area contributed by atoms with Crippen molar-refractivity contribution in [1.82, 2.24) is 5.16 Å². The average molecular weight is 373 g/mol. The number of nitriles is 1. The molecule has 7 nitrogen and oxygen atoms in total. The number of hydrogen-bond donors (Lipinski definition) is 1. The molecule has 0 fully saturated rings. The van der Waals surface area contributed by atoms with E-state index < -0.39 is 18.0 Å². The predicted octanol–water partition coefficient (Wildman–Crippen LogP) is 2.97. The molecule has 1 N–H and O–H groups in total. The van der Waals surface area contributed by atoms with Gasteiger partial charge < -0.3 is 14.6 Å². The number of nitrogens with one attached hydrogen (secondary N) is 1. The molecule has 0 aliphatic carbocycles. The van der Waals surface area contributed by atoms with Crippen LogP contribution in [0.4, 0.5) is 5.69 Å². The zero-order valence-electron chi connectivity index (χ0n) is 14.7. The number of nitrogens with zero attached hydrogens (tertiary/aromatic N) is 2. The van der Waals surface area contributed by atoms with Crippen LogP contribution >= 0.6 is 11.8 Å². The van der Waals surface area contributed by atoms with E-state index in [1.54, 1.807) is 24.3 Å². The molecule has 0 saturated heterocycles. The largest absolute Gasteiger partial charge is 0.452 e. The fraction of sp³-hybridized carbons (Fsp3) is 0.333. The number of carbonyl (C=O) groups excluding carboxylic acids is 2. The Hall–Kier alpha value is -2.79. The maximum absolute atomic E-state index is 12.1. The van der Waals surface area contributed by atoms with Crippen molar-refractivity contribution >= 4 is 29.3 Å². The molecule has 1 amide bonds. The molecule has 0 aliphatic rings. The number of benzene rings is 1. The van der Waals surface area contributed by atoms with E-state index in [2.05, 4.69) is 10.5 Å². The number of esters is 1. The van der Waals surface area contributed by atoms with Gasteiger partial charge in [0.25, 0.3) is 5.91 Å². The standard InChI is InChI=1S/C18H19N3O4S/c1-11-16(12(2)25-21-11)9-26-10-17(22)24-13(3)18(23)20-15-6-4-14(8-19)5-7-15/h4-7,13H,9-10H2,1-3H3,(H,20,23)/t13-/m1/s1. The SMILES string of the molecule is Cc1noc(C)c1CSCC(=O)O[C@H](C)C(=O)Nc1ccc(C#N)cc1. The van der Waals surface area contributed by atoms with Crippen molar-refractivity contribution in [3.8, 4) is 6.07 Å². The fourth-order valence-corrected chi connectivity index (χ4v) is 3.05. The number of carbonyl (C=O) groups is 2. The summed E-state index contributed by atoms with van der Waals surface area (Å²) in [7, 11) is 0. The Bertz CT molecular complexity index is 804. The lowest BCUT2D eigenvalue weighted by Crippen LogP contribution is -2.30. The Morgan fingerprint density at radius 3 is 2.62 bits per heavy atom. The van der Waals surface area contributed by atoms with Gasteiger partial charge in [0.05, 0.1) is 23.1 Å². The van der Waals surface area contributed by atoms with Crippen molar-refractivity contribution in [2.24, 2.45) is 0 Å². The maximum atomic E-state index is 12.1. The normalized spacial score (nSPS) is 11.5. The van der Waals surface area contributed by atoms with Crippen LogP contribution in [0.25, 0.3) is 0 Å². The molecule has 0 spiro atoms. The number of aromatic nitrogens is 1. The van der Waals surface area contributed by atoms with Gasteiger partial charge in [0.2, 0.25) is 0 Å².